The molecule has 1 unspecified atom stereocenters. The van der Waals surface area contributed by atoms with E-state index in [1.165, 1.54) is 12.1 Å². The second-order valence-corrected chi connectivity index (χ2v) is 11.7. The maximum atomic E-state index is 12.9. The van der Waals surface area contributed by atoms with E-state index in [1.807, 2.05) is 23.9 Å². The number of ether oxygens (including phenoxy) is 3. The van der Waals surface area contributed by atoms with E-state index in [2.05, 4.69) is 10.6 Å². The molecular formula is C30H26N2O7S. The van der Waals surface area contributed by atoms with Crippen molar-refractivity contribution in [3.05, 3.63) is 82.9 Å². The van der Waals surface area contributed by atoms with E-state index < -0.39 is 11.6 Å². The van der Waals surface area contributed by atoms with Gasteiger partial charge in [-0.15, -0.1) is 0 Å². The predicted octanol–water partition coefficient (Wildman–Crippen LogP) is 4.59. The Morgan fingerprint density at radius 3 is 2.67 bits per heavy atom. The van der Waals surface area contributed by atoms with E-state index in [9.17, 15) is 19.5 Å². The third kappa shape index (κ3) is 3.97. The normalized spacial score (nSPS) is 25.1. The lowest BCUT2D eigenvalue weighted by Crippen LogP contribution is -2.36. The van der Waals surface area contributed by atoms with E-state index >= 15 is 0 Å². The van der Waals surface area contributed by atoms with Gasteiger partial charge in [-0.25, -0.2) is 9.59 Å². The van der Waals surface area contributed by atoms with E-state index in [0.717, 1.165) is 18.6 Å². The zero-order valence-corrected chi connectivity index (χ0v) is 22.2. The Labute approximate surface area is 234 Å². The first-order valence-corrected chi connectivity index (χ1v) is 14.4. The van der Waals surface area contributed by atoms with Crippen molar-refractivity contribution in [1.29, 1.82) is 0 Å². The summed E-state index contributed by atoms with van der Waals surface area (Å²) in [6, 6.07) is 17.2. The quantitative estimate of drug-likeness (QED) is 0.174. The third-order valence-corrected chi connectivity index (χ3v) is 9.47. The number of phenols is 1. The zero-order valence-electron chi connectivity index (χ0n) is 21.3. The van der Waals surface area contributed by atoms with Crippen LogP contribution in [0.5, 0.6) is 23.0 Å². The van der Waals surface area contributed by atoms with Gasteiger partial charge in [-0.2, -0.15) is 11.8 Å². The minimum atomic E-state index is -1.25. The first-order chi connectivity index (χ1) is 19.4. The molecule has 4 heterocycles. The molecule has 7 rings (SSSR count). The molecular weight excluding hydrogens is 532 g/mol. The van der Waals surface area contributed by atoms with E-state index in [0.29, 0.717) is 51.2 Å². The minimum Gasteiger partial charge on any atom is -0.508 e. The van der Waals surface area contributed by atoms with Crippen molar-refractivity contribution < 1.29 is 33.7 Å². The molecule has 0 radical (unpaired) electrons. The lowest BCUT2D eigenvalue weighted by atomic mass is 9.77. The first-order valence-electron chi connectivity index (χ1n) is 13.3. The lowest BCUT2D eigenvalue weighted by Gasteiger charge is -2.36. The largest absolute Gasteiger partial charge is 0.508 e. The molecule has 40 heavy (non-hydrogen) atoms. The van der Waals surface area contributed by atoms with Gasteiger partial charge in [-0.1, -0.05) is 24.6 Å². The van der Waals surface area contributed by atoms with Crippen molar-refractivity contribution in [1.82, 2.24) is 10.6 Å². The van der Waals surface area contributed by atoms with Gasteiger partial charge in [0, 0.05) is 46.2 Å². The zero-order chi connectivity index (χ0) is 27.4. The standard InChI is InChI=1S/C30H26N2O7S/c33-16-9-11-20-23(13-16)38-24-14-17(10-12-21(24)30(20)19-6-2-1-5-18(19)28(35)39-30)37-26(34)8-4-3-7-25-27-22(15-40-25)31-29(36)32-27/h1-2,5-6,9-14,22,25,27,33H,3-4,7-8,15H2,(H2,31,32,36)/t22-,25-,27-,30?/m0/s1. The number of urea groups is 1. The third-order valence-electron chi connectivity index (χ3n) is 7.96. The van der Waals surface area contributed by atoms with Crippen LogP contribution in [0.1, 0.15) is 52.7 Å². The SMILES string of the molecule is O=C1N[C@H]2[C@H](CS[C@H]2CCCCC(=O)Oc2ccc3c(c2)Oc2cc(O)ccc2C32OC(=O)c3ccccc32)N1. The molecule has 2 saturated heterocycles. The molecule has 2 fully saturated rings. The Bertz CT molecular complexity index is 1560. The van der Waals surface area contributed by atoms with Crippen molar-refractivity contribution in [3.8, 4) is 23.0 Å². The van der Waals surface area contributed by atoms with Crippen molar-refractivity contribution in [3.63, 3.8) is 0 Å². The van der Waals surface area contributed by atoms with Crippen LogP contribution in [0, 0.1) is 0 Å². The van der Waals surface area contributed by atoms with Crippen LogP contribution in [-0.4, -0.2) is 46.2 Å². The maximum absolute atomic E-state index is 12.9. The Hall–Kier alpha value is -4.18. The van der Waals surface area contributed by atoms with Gasteiger partial charge < -0.3 is 30.0 Å². The fourth-order valence-electron chi connectivity index (χ4n) is 6.15. The van der Waals surface area contributed by atoms with Crippen LogP contribution in [0.2, 0.25) is 0 Å². The van der Waals surface area contributed by atoms with Crippen LogP contribution in [0.3, 0.4) is 0 Å². The highest BCUT2D eigenvalue weighted by Crippen LogP contribution is 2.57. The number of aromatic hydroxyl groups is 1. The predicted molar refractivity (Wildman–Crippen MR) is 146 cm³/mol. The van der Waals surface area contributed by atoms with Gasteiger partial charge in [0.2, 0.25) is 0 Å². The monoisotopic (exact) mass is 558 g/mol. The highest BCUT2D eigenvalue weighted by atomic mass is 32.2. The average Bonchev–Trinajstić information content (AvgIpc) is 3.58. The van der Waals surface area contributed by atoms with Crippen LogP contribution >= 0.6 is 11.8 Å². The summed E-state index contributed by atoms with van der Waals surface area (Å²) in [6.07, 6.45) is 2.72. The molecule has 4 atom stereocenters. The van der Waals surface area contributed by atoms with Crippen LogP contribution in [0.4, 0.5) is 4.79 Å². The minimum absolute atomic E-state index is 0.00985. The maximum Gasteiger partial charge on any atom is 0.340 e. The van der Waals surface area contributed by atoms with Gasteiger partial charge in [0.25, 0.3) is 0 Å². The van der Waals surface area contributed by atoms with Crippen LogP contribution in [0.15, 0.2) is 60.7 Å². The fraction of sp³-hybridized carbons (Fsp3) is 0.300. The number of carbonyl (C=O) groups excluding carboxylic acids is 3. The van der Waals surface area contributed by atoms with Crippen molar-refractivity contribution in [2.75, 3.05) is 5.75 Å². The van der Waals surface area contributed by atoms with Gasteiger partial charge >= 0.3 is 18.0 Å². The Kier molecular flexibility index (Phi) is 5.88. The molecule has 2 amide bonds. The molecule has 0 bridgehead atoms. The Morgan fingerprint density at radius 2 is 1.80 bits per heavy atom. The Morgan fingerprint density at radius 1 is 1.00 bits per heavy atom. The topological polar surface area (TPSA) is 123 Å². The number of carbonyl (C=O) groups is 3. The van der Waals surface area contributed by atoms with Crippen LogP contribution < -0.4 is 20.1 Å². The molecule has 204 valence electrons. The molecule has 3 aromatic rings. The Balaban J connectivity index is 1.07. The lowest BCUT2D eigenvalue weighted by molar-refractivity contribution is -0.134. The molecule has 0 aliphatic carbocycles. The number of phenolic OH excluding ortho intramolecular Hbond substituents is 1. The number of esters is 2. The molecule has 0 saturated carbocycles. The summed E-state index contributed by atoms with van der Waals surface area (Å²) in [5.41, 5.74) is 1.09. The summed E-state index contributed by atoms with van der Waals surface area (Å²) in [5.74, 6) is 1.15. The second-order valence-electron chi connectivity index (χ2n) is 10.4. The van der Waals surface area contributed by atoms with Crippen LogP contribution in [0.25, 0.3) is 0 Å². The first kappa shape index (κ1) is 24.8. The van der Waals surface area contributed by atoms with Gasteiger partial charge in [-0.3, -0.25) is 4.79 Å². The molecule has 4 aliphatic rings. The highest BCUT2D eigenvalue weighted by Gasteiger charge is 2.53. The number of fused-ring (bicyclic) bond motifs is 7. The molecule has 3 aromatic carbocycles. The number of hydrogen-bond acceptors (Lipinski definition) is 8. The number of hydrogen-bond donors (Lipinski definition) is 3. The van der Waals surface area contributed by atoms with Gasteiger partial charge in [0.15, 0.2) is 5.60 Å². The summed E-state index contributed by atoms with van der Waals surface area (Å²) in [6.45, 7) is 0. The fourth-order valence-corrected chi connectivity index (χ4v) is 7.69. The molecule has 9 nitrogen and oxygen atoms in total. The summed E-state index contributed by atoms with van der Waals surface area (Å²) in [4.78, 5) is 37.1. The second kappa shape index (κ2) is 9.48. The van der Waals surface area contributed by atoms with E-state index in [-0.39, 0.29) is 36.3 Å². The van der Waals surface area contributed by atoms with E-state index in [1.54, 1.807) is 36.4 Å². The number of benzene rings is 3. The molecule has 1 spiro atoms. The molecule has 4 aliphatic heterocycles. The van der Waals surface area contributed by atoms with Gasteiger partial charge in [-0.05, 0) is 43.2 Å². The number of nitrogens with one attached hydrogen (secondary N) is 2. The van der Waals surface area contributed by atoms with Crippen LogP contribution in [-0.2, 0) is 15.1 Å². The highest BCUT2D eigenvalue weighted by molar-refractivity contribution is 8.00. The van der Waals surface area contributed by atoms with Crippen molar-refractivity contribution >= 4 is 29.7 Å². The summed E-state index contributed by atoms with van der Waals surface area (Å²) in [7, 11) is 0. The smallest absolute Gasteiger partial charge is 0.340 e. The van der Waals surface area contributed by atoms with Gasteiger partial charge in [0.1, 0.15) is 23.0 Å². The average molecular weight is 559 g/mol. The molecule has 10 heteroatoms. The number of rotatable bonds is 6. The number of amides is 2. The molecule has 3 N–H and O–H groups in total. The summed E-state index contributed by atoms with van der Waals surface area (Å²) in [5, 5.41) is 16.4. The van der Waals surface area contributed by atoms with Crippen molar-refractivity contribution in [2.45, 2.75) is 48.6 Å². The van der Waals surface area contributed by atoms with E-state index in [4.69, 9.17) is 14.2 Å². The number of thioether (sulfide) groups is 1. The van der Waals surface area contributed by atoms with Crippen molar-refractivity contribution in [2.24, 2.45) is 0 Å². The van der Waals surface area contributed by atoms with Gasteiger partial charge in [0.05, 0.1) is 17.6 Å². The number of unbranched alkanes of at least 4 members (excludes halogenated alkanes) is 1. The molecule has 0 aromatic heterocycles. The summed E-state index contributed by atoms with van der Waals surface area (Å²) < 4.78 is 17.9. The summed E-state index contributed by atoms with van der Waals surface area (Å²) >= 11 is 1.86.